The summed E-state index contributed by atoms with van der Waals surface area (Å²) < 4.78 is 31.5. The van der Waals surface area contributed by atoms with Crippen LogP contribution in [0.25, 0.3) is 11.4 Å². The topological polar surface area (TPSA) is 119 Å². The van der Waals surface area contributed by atoms with Crippen LogP contribution in [0.4, 0.5) is 5.69 Å². The van der Waals surface area contributed by atoms with Crippen molar-refractivity contribution in [1.29, 1.82) is 0 Å². The summed E-state index contributed by atoms with van der Waals surface area (Å²) in [5.41, 5.74) is 1.28. The Kier molecular flexibility index (Phi) is 5.02. The molecule has 0 unspecified atom stereocenters. The van der Waals surface area contributed by atoms with Crippen LogP contribution in [0.2, 0.25) is 0 Å². The van der Waals surface area contributed by atoms with Crippen molar-refractivity contribution < 1.29 is 17.9 Å². The van der Waals surface area contributed by atoms with Crippen molar-refractivity contribution >= 4 is 15.7 Å². The Hall–Kier alpha value is -3.11. The van der Waals surface area contributed by atoms with Crippen LogP contribution < -0.4 is 0 Å². The molecular weight excluding hydrogens is 372 g/mol. The van der Waals surface area contributed by atoms with E-state index < -0.39 is 25.5 Å². The van der Waals surface area contributed by atoms with Crippen molar-refractivity contribution in [3.63, 3.8) is 0 Å². The summed E-state index contributed by atoms with van der Waals surface area (Å²) in [6.45, 7) is 1.71. The smallest absolute Gasteiger partial charge is 0.289 e. The lowest BCUT2D eigenvalue weighted by Crippen LogP contribution is -2.27. The van der Waals surface area contributed by atoms with Crippen molar-refractivity contribution in [3.05, 3.63) is 70.1 Å². The molecule has 3 aromatic rings. The molecule has 140 valence electrons. The summed E-state index contributed by atoms with van der Waals surface area (Å²) >= 11 is 0. The molecule has 0 atom stereocenters. The van der Waals surface area contributed by atoms with Gasteiger partial charge in [-0.25, -0.2) is 8.42 Å². The first-order valence-corrected chi connectivity index (χ1v) is 9.32. The first-order chi connectivity index (χ1) is 12.8. The summed E-state index contributed by atoms with van der Waals surface area (Å²) in [4.78, 5) is 14.2. The van der Waals surface area contributed by atoms with Crippen molar-refractivity contribution in [2.45, 2.75) is 18.4 Å². The minimum atomic E-state index is -4.11. The normalized spacial score (nSPS) is 11.7. The van der Waals surface area contributed by atoms with E-state index in [2.05, 4.69) is 10.1 Å². The van der Waals surface area contributed by atoms with E-state index in [1.807, 2.05) is 31.2 Å². The third kappa shape index (κ3) is 3.86. The number of rotatable bonds is 6. The predicted octanol–water partition coefficient (Wildman–Crippen LogP) is 2.77. The zero-order valence-corrected chi connectivity index (χ0v) is 15.4. The highest BCUT2D eigenvalue weighted by atomic mass is 32.2. The van der Waals surface area contributed by atoms with Crippen LogP contribution in [-0.4, -0.2) is 34.8 Å². The first-order valence-electron chi connectivity index (χ1n) is 7.88. The Morgan fingerprint density at radius 1 is 1.19 bits per heavy atom. The van der Waals surface area contributed by atoms with Gasteiger partial charge in [0.25, 0.3) is 5.69 Å². The lowest BCUT2D eigenvalue weighted by Gasteiger charge is -2.14. The van der Waals surface area contributed by atoms with Gasteiger partial charge in [0.05, 0.1) is 11.5 Å². The predicted molar refractivity (Wildman–Crippen MR) is 96.2 cm³/mol. The van der Waals surface area contributed by atoms with E-state index in [4.69, 9.17) is 4.52 Å². The highest BCUT2D eigenvalue weighted by molar-refractivity contribution is 7.89. The Morgan fingerprint density at radius 3 is 2.63 bits per heavy atom. The van der Waals surface area contributed by atoms with Crippen molar-refractivity contribution in [2.75, 3.05) is 7.05 Å². The van der Waals surface area contributed by atoms with E-state index in [0.29, 0.717) is 5.82 Å². The molecule has 10 heteroatoms. The Morgan fingerprint density at radius 2 is 1.93 bits per heavy atom. The zero-order chi connectivity index (χ0) is 19.6. The second kappa shape index (κ2) is 7.25. The minimum Gasteiger partial charge on any atom is -0.338 e. The molecule has 0 radical (unpaired) electrons. The zero-order valence-electron chi connectivity index (χ0n) is 14.6. The average molecular weight is 388 g/mol. The van der Waals surface area contributed by atoms with Crippen molar-refractivity contribution in [2.24, 2.45) is 0 Å². The van der Waals surface area contributed by atoms with Crippen LogP contribution >= 0.6 is 0 Å². The van der Waals surface area contributed by atoms with Crippen molar-refractivity contribution in [3.8, 4) is 11.4 Å². The fourth-order valence-corrected chi connectivity index (χ4v) is 3.76. The van der Waals surface area contributed by atoms with Gasteiger partial charge in [-0.2, -0.15) is 9.29 Å². The van der Waals surface area contributed by atoms with Crippen LogP contribution in [0.3, 0.4) is 0 Å². The quantitative estimate of drug-likeness (QED) is 0.470. The Balaban J connectivity index is 1.85. The molecule has 2 aromatic carbocycles. The average Bonchev–Trinajstić information content (AvgIpc) is 3.10. The molecule has 27 heavy (non-hydrogen) atoms. The maximum absolute atomic E-state index is 12.7. The van der Waals surface area contributed by atoms with Gasteiger partial charge in [-0.1, -0.05) is 41.1 Å². The van der Waals surface area contributed by atoms with E-state index >= 15 is 0 Å². The van der Waals surface area contributed by atoms with E-state index in [9.17, 15) is 18.5 Å². The molecule has 1 aromatic heterocycles. The number of hydrogen-bond acceptors (Lipinski definition) is 7. The maximum Gasteiger partial charge on any atom is 0.289 e. The molecule has 0 aliphatic carbocycles. The molecule has 1 heterocycles. The number of para-hydroxylation sites is 1. The first kappa shape index (κ1) is 18.7. The number of aryl methyl sites for hydroxylation is 1. The molecule has 0 spiro atoms. The summed E-state index contributed by atoms with van der Waals surface area (Å²) in [5.74, 6) is 0.418. The fraction of sp³-hybridized carbons (Fsp3) is 0.176. The van der Waals surface area contributed by atoms with Gasteiger partial charge in [-0.15, -0.1) is 0 Å². The SMILES string of the molecule is Cc1cccc(-c2noc(CN(C)S(=O)(=O)c3ccccc3[N+](=O)[O-])n2)c1. The van der Waals surface area contributed by atoms with E-state index in [-0.39, 0.29) is 12.4 Å². The summed E-state index contributed by atoms with van der Waals surface area (Å²) in [5, 5.41) is 15.0. The molecule has 0 amide bonds. The lowest BCUT2D eigenvalue weighted by atomic mass is 10.1. The molecule has 0 fully saturated rings. The third-order valence-electron chi connectivity index (χ3n) is 3.85. The van der Waals surface area contributed by atoms with E-state index in [1.54, 1.807) is 0 Å². The number of aromatic nitrogens is 2. The van der Waals surface area contributed by atoms with E-state index in [1.165, 1.54) is 25.2 Å². The van der Waals surface area contributed by atoms with Crippen LogP contribution in [0.1, 0.15) is 11.5 Å². The number of hydrogen-bond donors (Lipinski definition) is 0. The summed E-state index contributed by atoms with van der Waals surface area (Å²) in [6.07, 6.45) is 0. The second-order valence-corrected chi connectivity index (χ2v) is 7.88. The van der Waals surface area contributed by atoms with Crippen LogP contribution in [0.5, 0.6) is 0 Å². The molecule has 0 saturated carbocycles. The van der Waals surface area contributed by atoms with E-state index in [0.717, 1.165) is 21.5 Å². The van der Waals surface area contributed by atoms with Gasteiger partial charge in [-0.05, 0) is 19.1 Å². The monoisotopic (exact) mass is 388 g/mol. The van der Waals surface area contributed by atoms with Gasteiger partial charge < -0.3 is 4.52 Å². The number of sulfonamides is 1. The molecule has 0 saturated heterocycles. The number of nitrogens with zero attached hydrogens (tertiary/aromatic N) is 4. The van der Waals surface area contributed by atoms with Crippen LogP contribution in [0.15, 0.2) is 57.9 Å². The van der Waals surface area contributed by atoms with Gasteiger partial charge >= 0.3 is 0 Å². The Bertz CT molecular complexity index is 1090. The molecule has 3 rings (SSSR count). The van der Waals surface area contributed by atoms with Gasteiger partial charge in [-0.3, -0.25) is 10.1 Å². The molecule has 9 nitrogen and oxygen atoms in total. The van der Waals surface area contributed by atoms with Crippen molar-refractivity contribution in [1.82, 2.24) is 14.4 Å². The largest absolute Gasteiger partial charge is 0.338 e. The maximum atomic E-state index is 12.7. The Labute approximate surface area is 155 Å². The number of benzene rings is 2. The molecule has 0 aliphatic rings. The standard InChI is InChI=1S/C17H16N4O5S/c1-12-6-5-7-13(10-12)17-18-16(26-19-17)11-20(2)27(24,25)15-9-4-3-8-14(15)21(22)23/h3-10H,11H2,1-2H3. The second-order valence-electron chi connectivity index (χ2n) is 5.87. The molecular formula is C17H16N4O5S. The minimum absolute atomic E-state index is 0.0798. The highest BCUT2D eigenvalue weighted by Crippen LogP contribution is 2.26. The number of nitro benzene ring substituents is 1. The van der Waals surface area contributed by atoms with Crippen LogP contribution in [0, 0.1) is 17.0 Å². The van der Waals surface area contributed by atoms with Gasteiger partial charge in [0.15, 0.2) is 4.90 Å². The fourth-order valence-electron chi connectivity index (χ4n) is 2.49. The van der Waals surface area contributed by atoms with Gasteiger partial charge in [0.1, 0.15) is 0 Å². The highest BCUT2D eigenvalue weighted by Gasteiger charge is 2.30. The van der Waals surface area contributed by atoms with Gasteiger partial charge in [0, 0.05) is 18.7 Å². The van der Waals surface area contributed by atoms with Crippen LogP contribution in [-0.2, 0) is 16.6 Å². The molecule has 0 N–H and O–H groups in total. The summed E-state index contributed by atoms with van der Waals surface area (Å²) in [7, 11) is -2.82. The van der Waals surface area contributed by atoms with Gasteiger partial charge in [0.2, 0.25) is 21.7 Å². The molecule has 0 bridgehead atoms. The third-order valence-corrected chi connectivity index (χ3v) is 5.70. The lowest BCUT2D eigenvalue weighted by molar-refractivity contribution is -0.387. The number of nitro groups is 1. The summed E-state index contributed by atoms with van der Waals surface area (Å²) in [6, 6.07) is 12.6. The molecule has 0 aliphatic heterocycles.